The molecule has 0 saturated heterocycles. The van der Waals surface area contributed by atoms with Crippen molar-refractivity contribution in [1.82, 2.24) is 0 Å². The maximum absolute atomic E-state index is 13.8. The lowest BCUT2D eigenvalue weighted by molar-refractivity contribution is -0.385. The van der Waals surface area contributed by atoms with E-state index in [4.69, 9.17) is 4.74 Å². The van der Waals surface area contributed by atoms with Gasteiger partial charge in [-0.3, -0.25) is 10.1 Å². The van der Waals surface area contributed by atoms with E-state index in [2.05, 4.69) is 15.9 Å². The highest BCUT2D eigenvalue weighted by molar-refractivity contribution is 9.10. The number of benzene rings is 2. The molecular weight excluding hydrogens is 345 g/mol. The highest BCUT2D eigenvalue weighted by atomic mass is 79.9. The number of hydrogen-bond donors (Lipinski definition) is 1. The number of para-hydroxylation sites is 1. The van der Waals surface area contributed by atoms with Gasteiger partial charge in [-0.2, -0.15) is 0 Å². The third kappa shape index (κ3) is 3.37. The first-order valence-corrected chi connectivity index (χ1v) is 6.77. The number of ether oxygens (including phenoxy) is 1. The molecule has 0 bridgehead atoms. The van der Waals surface area contributed by atoms with E-state index in [1.807, 2.05) is 0 Å². The Hall–Kier alpha value is -1.99. The molecule has 1 unspecified atom stereocenters. The molecular formula is C14H11BrFNO4. The molecule has 21 heavy (non-hydrogen) atoms. The molecule has 0 radical (unpaired) electrons. The fraction of sp³-hybridized carbons (Fsp3) is 0.143. The SMILES string of the molecule is CC(O)c1ccc(Br)cc1Oc1c(F)cccc1[N+](=O)[O-]. The number of nitrogens with zero attached hydrogens (tertiary/aromatic N) is 1. The van der Waals surface area contributed by atoms with Gasteiger partial charge in [-0.25, -0.2) is 4.39 Å². The summed E-state index contributed by atoms with van der Waals surface area (Å²) < 4.78 is 19.8. The van der Waals surface area contributed by atoms with Crippen molar-refractivity contribution in [3.05, 3.63) is 62.4 Å². The van der Waals surface area contributed by atoms with Gasteiger partial charge in [-0.15, -0.1) is 0 Å². The van der Waals surface area contributed by atoms with Crippen LogP contribution < -0.4 is 4.74 Å². The maximum Gasteiger partial charge on any atom is 0.314 e. The summed E-state index contributed by atoms with van der Waals surface area (Å²) in [6.07, 6.45) is -0.862. The van der Waals surface area contributed by atoms with Crippen molar-refractivity contribution >= 4 is 21.6 Å². The quantitative estimate of drug-likeness (QED) is 0.653. The van der Waals surface area contributed by atoms with E-state index in [1.54, 1.807) is 12.1 Å². The van der Waals surface area contributed by atoms with Crippen LogP contribution in [0, 0.1) is 15.9 Å². The second-order valence-electron chi connectivity index (χ2n) is 4.31. The minimum atomic E-state index is -0.862. The van der Waals surface area contributed by atoms with Crippen molar-refractivity contribution in [1.29, 1.82) is 0 Å². The first kappa shape index (κ1) is 15.4. The van der Waals surface area contributed by atoms with E-state index in [9.17, 15) is 19.6 Å². The van der Waals surface area contributed by atoms with E-state index in [-0.39, 0.29) is 5.75 Å². The van der Waals surface area contributed by atoms with Crippen molar-refractivity contribution in [2.24, 2.45) is 0 Å². The first-order valence-electron chi connectivity index (χ1n) is 5.98. The van der Waals surface area contributed by atoms with Gasteiger partial charge in [-0.1, -0.05) is 28.1 Å². The van der Waals surface area contributed by atoms with Gasteiger partial charge in [0.05, 0.1) is 11.0 Å². The van der Waals surface area contributed by atoms with Crippen LogP contribution in [0.3, 0.4) is 0 Å². The number of nitro groups is 1. The first-order chi connectivity index (χ1) is 9.90. The van der Waals surface area contributed by atoms with Gasteiger partial charge in [0.1, 0.15) is 5.75 Å². The van der Waals surface area contributed by atoms with Crippen LogP contribution in [0.4, 0.5) is 10.1 Å². The zero-order valence-corrected chi connectivity index (χ0v) is 12.5. The predicted octanol–water partition coefficient (Wildman–Crippen LogP) is 4.34. The van der Waals surface area contributed by atoms with E-state index in [1.165, 1.54) is 19.1 Å². The van der Waals surface area contributed by atoms with Gasteiger partial charge in [0.15, 0.2) is 5.82 Å². The molecule has 0 aliphatic rings. The molecule has 0 saturated carbocycles. The smallest absolute Gasteiger partial charge is 0.314 e. The summed E-state index contributed by atoms with van der Waals surface area (Å²) in [7, 11) is 0. The Labute approximate surface area is 128 Å². The average Bonchev–Trinajstić information content (AvgIpc) is 2.40. The molecule has 5 nitrogen and oxygen atoms in total. The molecule has 0 aromatic heterocycles. The molecule has 0 aliphatic carbocycles. The summed E-state index contributed by atoms with van der Waals surface area (Å²) in [5, 5.41) is 20.6. The molecule has 0 fully saturated rings. The third-order valence-corrected chi connectivity index (χ3v) is 3.27. The van der Waals surface area contributed by atoms with Crippen LogP contribution in [0.25, 0.3) is 0 Å². The summed E-state index contributed by atoms with van der Waals surface area (Å²) >= 11 is 3.24. The molecule has 0 aliphatic heterocycles. The summed E-state index contributed by atoms with van der Waals surface area (Å²) in [5.41, 5.74) is -0.0812. The molecule has 2 aromatic carbocycles. The minimum Gasteiger partial charge on any atom is -0.447 e. The van der Waals surface area contributed by atoms with Crippen molar-refractivity contribution in [3.8, 4) is 11.5 Å². The third-order valence-electron chi connectivity index (χ3n) is 2.78. The second kappa shape index (κ2) is 6.19. The Bertz CT molecular complexity index is 691. The monoisotopic (exact) mass is 355 g/mol. The fourth-order valence-corrected chi connectivity index (χ4v) is 2.13. The average molecular weight is 356 g/mol. The molecule has 0 spiro atoms. The van der Waals surface area contributed by atoms with E-state index >= 15 is 0 Å². The topological polar surface area (TPSA) is 72.6 Å². The lowest BCUT2D eigenvalue weighted by Crippen LogP contribution is -2.00. The van der Waals surface area contributed by atoms with Gasteiger partial charge in [0, 0.05) is 16.1 Å². The molecule has 7 heteroatoms. The Morgan fingerprint density at radius 3 is 2.71 bits per heavy atom. The van der Waals surface area contributed by atoms with Gasteiger partial charge in [0.2, 0.25) is 5.75 Å². The van der Waals surface area contributed by atoms with Crippen LogP contribution in [0.1, 0.15) is 18.6 Å². The van der Waals surface area contributed by atoms with Crippen LogP contribution in [0.15, 0.2) is 40.9 Å². The molecule has 110 valence electrons. The number of rotatable bonds is 4. The summed E-state index contributed by atoms with van der Waals surface area (Å²) in [4.78, 5) is 10.2. The Morgan fingerprint density at radius 2 is 2.10 bits per heavy atom. The number of nitro benzene ring substituents is 1. The number of aliphatic hydroxyl groups is 1. The molecule has 2 aromatic rings. The zero-order valence-electron chi connectivity index (χ0n) is 10.9. The summed E-state index contributed by atoms with van der Waals surface area (Å²) in [6.45, 7) is 1.52. The van der Waals surface area contributed by atoms with E-state index in [0.29, 0.717) is 10.0 Å². The van der Waals surface area contributed by atoms with Crippen LogP contribution in [-0.4, -0.2) is 10.0 Å². The molecule has 2 rings (SSSR count). The summed E-state index contributed by atoms with van der Waals surface area (Å²) in [5.74, 6) is -1.18. The maximum atomic E-state index is 13.8. The van der Waals surface area contributed by atoms with Crippen molar-refractivity contribution < 1.29 is 19.2 Å². The predicted molar refractivity (Wildman–Crippen MR) is 77.9 cm³/mol. The molecule has 1 atom stereocenters. The Morgan fingerprint density at radius 1 is 1.38 bits per heavy atom. The normalized spacial score (nSPS) is 12.0. The highest BCUT2D eigenvalue weighted by Crippen LogP contribution is 2.37. The fourth-order valence-electron chi connectivity index (χ4n) is 1.79. The van der Waals surface area contributed by atoms with Crippen LogP contribution in [0.5, 0.6) is 11.5 Å². The zero-order chi connectivity index (χ0) is 15.6. The Balaban J connectivity index is 2.53. The van der Waals surface area contributed by atoms with Gasteiger partial charge < -0.3 is 9.84 Å². The standard InChI is InChI=1S/C14H11BrFNO4/c1-8(18)10-6-5-9(15)7-13(10)21-14-11(16)3-2-4-12(14)17(19)20/h2-8,18H,1H3. The van der Waals surface area contributed by atoms with Crippen LogP contribution in [0.2, 0.25) is 0 Å². The van der Waals surface area contributed by atoms with Crippen molar-refractivity contribution in [2.75, 3.05) is 0 Å². The number of halogens is 2. The van der Waals surface area contributed by atoms with Crippen molar-refractivity contribution in [2.45, 2.75) is 13.0 Å². The lowest BCUT2D eigenvalue weighted by atomic mass is 10.1. The van der Waals surface area contributed by atoms with Crippen molar-refractivity contribution in [3.63, 3.8) is 0 Å². The second-order valence-corrected chi connectivity index (χ2v) is 5.22. The minimum absolute atomic E-state index is 0.146. The number of hydrogen-bond acceptors (Lipinski definition) is 4. The van der Waals surface area contributed by atoms with Gasteiger partial charge in [0.25, 0.3) is 0 Å². The largest absolute Gasteiger partial charge is 0.447 e. The van der Waals surface area contributed by atoms with E-state index < -0.39 is 28.3 Å². The molecule has 0 amide bonds. The summed E-state index contributed by atoms with van der Waals surface area (Å²) in [6, 6.07) is 8.25. The molecule has 1 N–H and O–H groups in total. The Kier molecular flexibility index (Phi) is 4.54. The molecule has 0 heterocycles. The van der Waals surface area contributed by atoms with Gasteiger partial charge in [-0.05, 0) is 25.1 Å². The van der Waals surface area contributed by atoms with Gasteiger partial charge >= 0.3 is 5.69 Å². The van der Waals surface area contributed by atoms with Crippen LogP contribution >= 0.6 is 15.9 Å². The van der Waals surface area contributed by atoms with E-state index in [0.717, 1.165) is 12.1 Å². The van der Waals surface area contributed by atoms with Crippen LogP contribution in [-0.2, 0) is 0 Å². The lowest BCUT2D eigenvalue weighted by Gasteiger charge is -2.14. The highest BCUT2D eigenvalue weighted by Gasteiger charge is 2.22. The number of aliphatic hydroxyl groups excluding tert-OH is 1.